The van der Waals surface area contributed by atoms with E-state index in [-0.39, 0.29) is 12.0 Å². The molecule has 4 nitrogen and oxygen atoms in total. The van der Waals surface area contributed by atoms with E-state index >= 15 is 0 Å². The van der Waals surface area contributed by atoms with E-state index in [2.05, 4.69) is 16.1 Å². The molecule has 1 atom stereocenters. The first-order chi connectivity index (χ1) is 9.21. The Hall–Kier alpha value is -1.20. The molecule has 1 N–H and O–H groups in total. The summed E-state index contributed by atoms with van der Waals surface area (Å²) in [6.07, 6.45) is 0.454. The molecular weight excluding hydrogens is 262 g/mol. The van der Waals surface area contributed by atoms with Gasteiger partial charge < -0.3 is 14.8 Å². The zero-order valence-electron chi connectivity index (χ0n) is 11.6. The maximum atomic E-state index is 11.0. The number of carbonyl (C=O) groups is 1. The minimum Gasteiger partial charge on any atom is -0.497 e. The lowest BCUT2D eigenvalue weighted by molar-refractivity contribution is -0.140. The average molecular weight is 283 g/mol. The Morgan fingerprint density at radius 3 is 2.84 bits per heavy atom. The summed E-state index contributed by atoms with van der Waals surface area (Å²) in [6.45, 7) is 0. The maximum Gasteiger partial charge on any atom is 0.306 e. The molecule has 1 rings (SSSR count). The number of nitrogens with one attached hydrogen (secondary N) is 1. The third-order valence-electron chi connectivity index (χ3n) is 2.81. The molecule has 0 saturated heterocycles. The van der Waals surface area contributed by atoms with Gasteiger partial charge >= 0.3 is 5.97 Å². The summed E-state index contributed by atoms with van der Waals surface area (Å²) in [7, 11) is 5.02. The minimum absolute atomic E-state index is 0.158. The van der Waals surface area contributed by atoms with Crippen LogP contribution in [0.1, 0.15) is 18.0 Å². The SMILES string of the molecule is CNC(CSCCC(=O)OC)c1cccc(OC)c1. The molecule has 0 spiro atoms. The highest BCUT2D eigenvalue weighted by Gasteiger charge is 2.10. The molecule has 0 aliphatic rings. The number of rotatable bonds is 8. The smallest absolute Gasteiger partial charge is 0.306 e. The van der Waals surface area contributed by atoms with Crippen LogP contribution in [-0.4, -0.2) is 38.7 Å². The van der Waals surface area contributed by atoms with Crippen molar-refractivity contribution in [1.82, 2.24) is 5.32 Å². The van der Waals surface area contributed by atoms with Crippen molar-refractivity contribution in [2.45, 2.75) is 12.5 Å². The van der Waals surface area contributed by atoms with E-state index in [1.165, 1.54) is 12.7 Å². The fraction of sp³-hybridized carbons (Fsp3) is 0.500. The molecule has 0 bridgehead atoms. The predicted octanol–water partition coefficient (Wildman–Crippen LogP) is 2.25. The van der Waals surface area contributed by atoms with Crippen LogP contribution in [0.2, 0.25) is 0 Å². The predicted molar refractivity (Wildman–Crippen MR) is 78.8 cm³/mol. The number of hydrogen-bond acceptors (Lipinski definition) is 5. The number of ether oxygens (including phenoxy) is 2. The van der Waals surface area contributed by atoms with E-state index in [0.717, 1.165) is 17.3 Å². The van der Waals surface area contributed by atoms with Crippen molar-refractivity contribution in [3.63, 3.8) is 0 Å². The van der Waals surface area contributed by atoms with Crippen molar-refractivity contribution < 1.29 is 14.3 Å². The summed E-state index contributed by atoms with van der Waals surface area (Å²) in [4.78, 5) is 11.0. The fourth-order valence-electron chi connectivity index (χ4n) is 1.66. The van der Waals surface area contributed by atoms with Crippen molar-refractivity contribution in [2.75, 3.05) is 32.8 Å². The number of benzene rings is 1. The van der Waals surface area contributed by atoms with Crippen LogP contribution in [0.15, 0.2) is 24.3 Å². The molecule has 1 aromatic rings. The first-order valence-electron chi connectivity index (χ1n) is 6.17. The molecular formula is C14H21NO3S. The largest absolute Gasteiger partial charge is 0.497 e. The van der Waals surface area contributed by atoms with Gasteiger partial charge in [0.1, 0.15) is 5.75 Å². The number of thioether (sulfide) groups is 1. The summed E-state index contributed by atoms with van der Waals surface area (Å²) in [6, 6.07) is 8.27. The van der Waals surface area contributed by atoms with Crippen molar-refractivity contribution >= 4 is 17.7 Å². The molecule has 0 fully saturated rings. The Bertz CT molecular complexity index is 398. The van der Waals surface area contributed by atoms with Crippen LogP contribution in [-0.2, 0) is 9.53 Å². The van der Waals surface area contributed by atoms with Crippen LogP contribution in [0.3, 0.4) is 0 Å². The Kier molecular flexibility index (Phi) is 7.36. The van der Waals surface area contributed by atoms with Crippen LogP contribution in [0, 0.1) is 0 Å². The summed E-state index contributed by atoms with van der Waals surface area (Å²) < 4.78 is 9.84. The molecule has 1 aromatic carbocycles. The molecule has 0 aliphatic carbocycles. The second-order valence-corrected chi connectivity index (χ2v) is 5.17. The molecule has 1 unspecified atom stereocenters. The van der Waals surface area contributed by atoms with Crippen molar-refractivity contribution in [3.05, 3.63) is 29.8 Å². The second kappa shape index (κ2) is 8.82. The monoisotopic (exact) mass is 283 g/mol. The van der Waals surface area contributed by atoms with Gasteiger partial charge in [-0.1, -0.05) is 12.1 Å². The topological polar surface area (TPSA) is 47.6 Å². The number of hydrogen-bond donors (Lipinski definition) is 1. The van der Waals surface area contributed by atoms with Crippen molar-refractivity contribution in [3.8, 4) is 5.75 Å². The lowest BCUT2D eigenvalue weighted by atomic mass is 10.1. The molecule has 19 heavy (non-hydrogen) atoms. The van der Waals surface area contributed by atoms with E-state index < -0.39 is 0 Å². The molecule has 0 radical (unpaired) electrons. The number of esters is 1. The molecule has 0 heterocycles. The molecule has 0 aliphatic heterocycles. The van der Waals surface area contributed by atoms with Gasteiger partial charge in [0, 0.05) is 17.5 Å². The van der Waals surface area contributed by atoms with E-state index in [0.29, 0.717) is 6.42 Å². The highest BCUT2D eigenvalue weighted by Crippen LogP contribution is 2.22. The second-order valence-electron chi connectivity index (χ2n) is 4.02. The highest BCUT2D eigenvalue weighted by atomic mass is 32.2. The maximum absolute atomic E-state index is 11.0. The molecule has 5 heteroatoms. The lowest BCUT2D eigenvalue weighted by Crippen LogP contribution is -2.19. The quantitative estimate of drug-likeness (QED) is 0.586. The first-order valence-corrected chi connectivity index (χ1v) is 7.32. The Balaban J connectivity index is 2.46. The molecule has 106 valence electrons. The van der Waals surface area contributed by atoms with E-state index in [1.807, 2.05) is 25.2 Å². The average Bonchev–Trinajstić information content (AvgIpc) is 2.47. The van der Waals surface area contributed by atoms with Crippen molar-refractivity contribution in [2.24, 2.45) is 0 Å². The van der Waals surface area contributed by atoms with Crippen LogP contribution < -0.4 is 10.1 Å². The highest BCUT2D eigenvalue weighted by molar-refractivity contribution is 7.99. The van der Waals surface area contributed by atoms with Crippen molar-refractivity contribution in [1.29, 1.82) is 0 Å². The summed E-state index contributed by atoms with van der Waals surface area (Å²) in [5.41, 5.74) is 1.19. The summed E-state index contributed by atoms with van der Waals surface area (Å²) in [5, 5.41) is 3.28. The summed E-state index contributed by atoms with van der Waals surface area (Å²) in [5.74, 6) is 2.38. The molecule has 0 amide bonds. The number of methoxy groups -OCH3 is 2. The summed E-state index contributed by atoms with van der Waals surface area (Å²) >= 11 is 1.73. The van der Waals surface area contributed by atoms with Crippen LogP contribution in [0.4, 0.5) is 0 Å². The van der Waals surface area contributed by atoms with Crippen LogP contribution in [0.25, 0.3) is 0 Å². The third-order valence-corrected chi connectivity index (χ3v) is 3.87. The van der Waals surface area contributed by atoms with Gasteiger partial charge in [0.05, 0.1) is 20.6 Å². The van der Waals surface area contributed by atoms with Gasteiger partial charge in [-0.2, -0.15) is 11.8 Å². The Labute approximate surface area is 118 Å². The van der Waals surface area contributed by atoms with Crippen LogP contribution >= 0.6 is 11.8 Å². The fourth-order valence-corrected chi connectivity index (χ4v) is 2.74. The zero-order valence-corrected chi connectivity index (χ0v) is 12.5. The third kappa shape index (κ3) is 5.53. The molecule has 0 saturated carbocycles. The van der Waals surface area contributed by atoms with Gasteiger partial charge in [0.2, 0.25) is 0 Å². The minimum atomic E-state index is -0.158. The van der Waals surface area contributed by atoms with Gasteiger partial charge in [-0.25, -0.2) is 0 Å². The molecule has 0 aromatic heterocycles. The lowest BCUT2D eigenvalue weighted by Gasteiger charge is -2.16. The van der Waals surface area contributed by atoms with Gasteiger partial charge in [-0.15, -0.1) is 0 Å². The van der Waals surface area contributed by atoms with Gasteiger partial charge in [-0.3, -0.25) is 4.79 Å². The zero-order chi connectivity index (χ0) is 14.1. The van der Waals surface area contributed by atoms with Gasteiger partial charge in [-0.05, 0) is 24.7 Å². The normalized spacial score (nSPS) is 11.9. The van der Waals surface area contributed by atoms with Gasteiger partial charge in [0.25, 0.3) is 0 Å². The Morgan fingerprint density at radius 1 is 1.42 bits per heavy atom. The number of carbonyl (C=O) groups excluding carboxylic acids is 1. The van der Waals surface area contributed by atoms with E-state index in [9.17, 15) is 4.79 Å². The van der Waals surface area contributed by atoms with Gasteiger partial charge in [0.15, 0.2) is 0 Å². The Morgan fingerprint density at radius 2 is 2.21 bits per heavy atom. The first kappa shape index (κ1) is 15.9. The standard InChI is InChI=1S/C14H21NO3S/c1-15-13(10-19-8-7-14(16)18-3)11-5-4-6-12(9-11)17-2/h4-6,9,13,15H,7-8,10H2,1-3H3. The van der Waals surface area contributed by atoms with E-state index in [1.54, 1.807) is 18.9 Å². The van der Waals surface area contributed by atoms with Crippen LogP contribution in [0.5, 0.6) is 5.75 Å². The van der Waals surface area contributed by atoms with E-state index in [4.69, 9.17) is 4.74 Å².